The topological polar surface area (TPSA) is 70.0 Å². The Labute approximate surface area is 139 Å². The molecule has 5 nitrogen and oxygen atoms in total. The van der Waals surface area contributed by atoms with E-state index in [0.29, 0.717) is 34.4 Å². The first-order valence-electron chi connectivity index (χ1n) is 7.08. The lowest BCUT2D eigenvalue weighted by molar-refractivity contribution is -0.144. The van der Waals surface area contributed by atoms with Crippen molar-refractivity contribution in [2.24, 2.45) is 5.92 Å². The van der Waals surface area contributed by atoms with E-state index in [1.165, 1.54) is 13.2 Å². The van der Waals surface area contributed by atoms with Crippen molar-refractivity contribution in [3.8, 4) is 5.75 Å². The SMILES string of the molecule is COc1cc(Cl)c(Cl)cc1C(C(=O)O)N1CCC(CO)CC1. The van der Waals surface area contributed by atoms with Gasteiger partial charge in [0.15, 0.2) is 0 Å². The summed E-state index contributed by atoms with van der Waals surface area (Å²) in [4.78, 5) is 13.7. The Balaban J connectivity index is 2.33. The molecule has 22 heavy (non-hydrogen) atoms. The molecule has 122 valence electrons. The first-order chi connectivity index (χ1) is 10.5. The fourth-order valence-corrected chi connectivity index (χ4v) is 3.14. The summed E-state index contributed by atoms with van der Waals surface area (Å²) in [5.41, 5.74) is 0.492. The molecular formula is C15H19Cl2NO4. The summed E-state index contributed by atoms with van der Waals surface area (Å²) in [6.45, 7) is 1.35. The van der Waals surface area contributed by atoms with E-state index < -0.39 is 12.0 Å². The summed E-state index contributed by atoms with van der Waals surface area (Å²) >= 11 is 12.0. The van der Waals surface area contributed by atoms with E-state index >= 15 is 0 Å². The molecule has 1 aromatic carbocycles. The number of halogens is 2. The number of likely N-dealkylation sites (tertiary alicyclic amines) is 1. The van der Waals surface area contributed by atoms with Crippen molar-refractivity contribution in [2.45, 2.75) is 18.9 Å². The highest BCUT2D eigenvalue weighted by Gasteiger charge is 2.33. The van der Waals surface area contributed by atoms with Gasteiger partial charge in [-0.05, 0) is 37.9 Å². The number of nitrogens with zero attached hydrogens (tertiary/aromatic N) is 1. The summed E-state index contributed by atoms with van der Waals surface area (Å²) in [7, 11) is 1.47. The van der Waals surface area contributed by atoms with Crippen LogP contribution in [-0.2, 0) is 4.79 Å². The van der Waals surface area contributed by atoms with Gasteiger partial charge in [0.2, 0.25) is 0 Å². The summed E-state index contributed by atoms with van der Waals surface area (Å²) in [5.74, 6) is -0.313. The lowest BCUT2D eigenvalue weighted by Gasteiger charge is -2.35. The smallest absolute Gasteiger partial charge is 0.325 e. The number of aliphatic carboxylic acids is 1. The van der Waals surface area contributed by atoms with Gasteiger partial charge >= 0.3 is 5.97 Å². The van der Waals surface area contributed by atoms with Crippen LogP contribution in [0.15, 0.2) is 12.1 Å². The highest BCUT2D eigenvalue weighted by atomic mass is 35.5. The first kappa shape index (κ1) is 17.3. The molecule has 1 heterocycles. The molecule has 1 atom stereocenters. The summed E-state index contributed by atoms with van der Waals surface area (Å²) < 4.78 is 5.27. The van der Waals surface area contributed by atoms with Crippen molar-refractivity contribution in [2.75, 3.05) is 26.8 Å². The molecule has 0 amide bonds. The average molecular weight is 348 g/mol. The molecule has 7 heteroatoms. The Morgan fingerprint density at radius 3 is 2.45 bits per heavy atom. The summed E-state index contributed by atoms with van der Waals surface area (Å²) in [6.07, 6.45) is 1.54. The minimum absolute atomic E-state index is 0.141. The van der Waals surface area contributed by atoms with Gasteiger partial charge in [0, 0.05) is 18.2 Å². The van der Waals surface area contributed by atoms with Gasteiger partial charge in [0.25, 0.3) is 0 Å². The van der Waals surface area contributed by atoms with Crippen LogP contribution in [0, 0.1) is 5.92 Å². The Kier molecular flexibility index (Phi) is 5.92. The maximum atomic E-state index is 11.8. The summed E-state index contributed by atoms with van der Waals surface area (Å²) in [5, 5.41) is 19.5. The van der Waals surface area contributed by atoms with Crippen LogP contribution in [0.25, 0.3) is 0 Å². The lowest BCUT2D eigenvalue weighted by Crippen LogP contribution is -2.40. The minimum atomic E-state index is -0.959. The van der Waals surface area contributed by atoms with Crippen LogP contribution in [0.5, 0.6) is 5.75 Å². The molecular weight excluding hydrogens is 329 g/mol. The second-order valence-electron chi connectivity index (χ2n) is 5.41. The highest BCUT2D eigenvalue weighted by Crippen LogP contribution is 2.37. The van der Waals surface area contributed by atoms with Crippen LogP contribution in [0.1, 0.15) is 24.4 Å². The number of piperidine rings is 1. The maximum absolute atomic E-state index is 11.8. The molecule has 0 aromatic heterocycles. The van der Waals surface area contributed by atoms with Gasteiger partial charge in [-0.3, -0.25) is 9.69 Å². The predicted octanol–water partition coefficient (Wildman–Crippen LogP) is 2.83. The van der Waals surface area contributed by atoms with Gasteiger partial charge < -0.3 is 14.9 Å². The molecule has 0 aliphatic carbocycles. The number of ether oxygens (including phenoxy) is 1. The standard InChI is InChI=1S/C15H19Cl2NO4/c1-22-13-7-12(17)11(16)6-10(13)14(15(20)21)18-4-2-9(8-19)3-5-18/h6-7,9,14,19H,2-5,8H2,1H3,(H,20,21). The lowest BCUT2D eigenvalue weighted by atomic mass is 9.94. The zero-order valence-corrected chi connectivity index (χ0v) is 13.8. The van der Waals surface area contributed by atoms with Crippen molar-refractivity contribution in [1.29, 1.82) is 0 Å². The molecule has 0 saturated carbocycles. The largest absolute Gasteiger partial charge is 0.496 e. The number of benzene rings is 1. The third-order valence-electron chi connectivity index (χ3n) is 4.07. The summed E-state index contributed by atoms with van der Waals surface area (Å²) in [6, 6.07) is 2.25. The van der Waals surface area contributed by atoms with Crippen LogP contribution >= 0.6 is 23.2 Å². The number of carboxylic acids is 1. The normalized spacial score (nSPS) is 18.2. The van der Waals surface area contributed by atoms with Crippen LogP contribution in [0.2, 0.25) is 10.0 Å². The number of aliphatic hydroxyl groups excluding tert-OH is 1. The third-order valence-corrected chi connectivity index (χ3v) is 4.80. The molecule has 1 aromatic rings. The zero-order valence-electron chi connectivity index (χ0n) is 12.3. The molecule has 1 aliphatic heterocycles. The van der Waals surface area contributed by atoms with Crippen molar-refractivity contribution >= 4 is 29.2 Å². The number of methoxy groups -OCH3 is 1. The second-order valence-corrected chi connectivity index (χ2v) is 6.23. The van der Waals surface area contributed by atoms with Gasteiger partial charge in [0.1, 0.15) is 11.8 Å². The average Bonchev–Trinajstić information content (AvgIpc) is 2.51. The molecule has 0 bridgehead atoms. The maximum Gasteiger partial charge on any atom is 0.325 e. The molecule has 1 unspecified atom stereocenters. The first-order valence-corrected chi connectivity index (χ1v) is 7.84. The zero-order chi connectivity index (χ0) is 16.3. The Morgan fingerprint density at radius 1 is 1.36 bits per heavy atom. The van der Waals surface area contributed by atoms with E-state index in [-0.39, 0.29) is 12.5 Å². The van der Waals surface area contributed by atoms with Gasteiger partial charge in [0.05, 0.1) is 17.2 Å². The third kappa shape index (κ3) is 3.66. The quantitative estimate of drug-likeness (QED) is 0.856. The van der Waals surface area contributed by atoms with Crippen molar-refractivity contribution in [1.82, 2.24) is 4.90 Å². The van der Waals surface area contributed by atoms with Crippen LogP contribution in [-0.4, -0.2) is 47.9 Å². The predicted molar refractivity (Wildman–Crippen MR) is 84.8 cm³/mol. The van der Waals surface area contributed by atoms with Crippen LogP contribution in [0.3, 0.4) is 0 Å². The van der Waals surface area contributed by atoms with Gasteiger partial charge in [-0.15, -0.1) is 0 Å². The molecule has 1 aliphatic rings. The fourth-order valence-electron chi connectivity index (χ4n) is 2.81. The number of hydrogen-bond donors (Lipinski definition) is 2. The Morgan fingerprint density at radius 2 is 1.95 bits per heavy atom. The molecule has 0 radical (unpaired) electrons. The van der Waals surface area contributed by atoms with Gasteiger partial charge in [-0.25, -0.2) is 0 Å². The number of carboxylic acid groups (broad SMARTS) is 1. The minimum Gasteiger partial charge on any atom is -0.496 e. The highest BCUT2D eigenvalue weighted by molar-refractivity contribution is 6.42. The van der Waals surface area contributed by atoms with E-state index in [1.54, 1.807) is 6.07 Å². The van der Waals surface area contributed by atoms with Gasteiger partial charge in [-0.1, -0.05) is 23.2 Å². The Hall–Kier alpha value is -1.01. The monoisotopic (exact) mass is 347 g/mol. The van der Waals surface area contributed by atoms with E-state index in [2.05, 4.69) is 0 Å². The molecule has 2 rings (SSSR count). The Bertz CT molecular complexity index is 545. The number of carbonyl (C=O) groups is 1. The number of aliphatic hydroxyl groups is 1. The molecule has 0 spiro atoms. The van der Waals surface area contributed by atoms with Crippen molar-refractivity contribution < 1.29 is 19.7 Å². The molecule has 2 N–H and O–H groups in total. The van der Waals surface area contributed by atoms with E-state index in [0.717, 1.165) is 12.8 Å². The van der Waals surface area contributed by atoms with Crippen molar-refractivity contribution in [3.05, 3.63) is 27.7 Å². The number of hydrogen-bond acceptors (Lipinski definition) is 4. The van der Waals surface area contributed by atoms with Crippen LogP contribution in [0.4, 0.5) is 0 Å². The van der Waals surface area contributed by atoms with Gasteiger partial charge in [-0.2, -0.15) is 0 Å². The second kappa shape index (κ2) is 7.51. The van der Waals surface area contributed by atoms with Crippen molar-refractivity contribution in [3.63, 3.8) is 0 Å². The number of rotatable bonds is 5. The van der Waals surface area contributed by atoms with Crippen LogP contribution < -0.4 is 4.74 Å². The molecule has 1 fully saturated rings. The van der Waals surface area contributed by atoms with E-state index in [9.17, 15) is 15.0 Å². The van der Waals surface area contributed by atoms with E-state index in [1.807, 2.05) is 4.90 Å². The fraction of sp³-hybridized carbons (Fsp3) is 0.533. The molecule has 1 saturated heterocycles. The van der Waals surface area contributed by atoms with E-state index in [4.69, 9.17) is 27.9 Å².